The van der Waals surface area contributed by atoms with Crippen molar-refractivity contribution in [2.24, 2.45) is 0 Å². The van der Waals surface area contributed by atoms with Crippen LogP contribution in [-0.2, 0) is 0 Å². The van der Waals surface area contributed by atoms with Crippen molar-refractivity contribution in [2.75, 3.05) is 11.2 Å². The molecule has 0 bridgehead atoms. The van der Waals surface area contributed by atoms with Gasteiger partial charge in [-0.1, -0.05) is 40.2 Å². The molecule has 4 aromatic rings. The summed E-state index contributed by atoms with van der Waals surface area (Å²) in [6, 6.07) is 15.6. The number of aromatic nitrogens is 2. The maximum absolute atomic E-state index is 11.5. The Bertz CT molecular complexity index is 1140. The number of hydrogen-bond donors (Lipinski definition) is 0. The van der Waals surface area contributed by atoms with E-state index in [1.807, 2.05) is 62.4 Å². The van der Waals surface area contributed by atoms with Crippen molar-refractivity contribution in [2.45, 2.75) is 13.8 Å². The van der Waals surface area contributed by atoms with Gasteiger partial charge in [-0.2, -0.15) is 0 Å². The third-order valence-corrected chi connectivity index (χ3v) is 5.53. The summed E-state index contributed by atoms with van der Waals surface area (Å²) in [6.07, 6.45) is 3.21. The maximum Gasteiger partial charge on any atom is 0.179 e. The van der Waals surface area contributed by atoms with E-state index in [4.69, 9.17) is 11.6 Å². The number of nitrogens with zero attached hydrogens (tertiary/aromatic N) is 2. The van der Waals surface area contributed by atoms with E-state index in [-0.39, 0.29) is 17.4 Å². The van der Waals surface area contributed by atoms with Crippen LogP contribution in [0, 0.1) is 13.8 Å². The second kappa shape index (κ2) is 9.92. The lowest BCUT2D eigenvalue weighted by atomic mass is 10.1. The lowest BCUT2D eigenvalue weighted by molar-refractivity contribution is 0.101. The van der Waals surface area contributed by atoms with Crippen LogP contribution in [0.15, 0.2) is 60.9 Å². The summed E-state index contributed by atoms with van der Waals surface area (Å²) in [4.78, 5) is 31.4. The molecule has 4 rings (SSSR count). The molecular weight excluding hydrogens is 464 g/mol. The van der Waals surface area contributed by atoms with Crippen LogP contribution >= 0.6 is 27.5 Å². The van der Waals surface area contributed by atoms with Gasteiger partial charge in [-0.3, -0.25) is 19.6 Å². The fraction of sp³-hybridized carbons (Fsp3) is 0.167. The van der Waals surface area contributed by atoms with Crippen LogP contribution in [0.3, 0.4) is 0 Å². The first-order valence-electron chi connectivity index (χ1n) is 9.33. The van der Waals surface area contributed by atoms with Crippen LogP contribution in [0.25, 0.3) is 21.8 Å². The van der Waals surface area contributed by atoms with E-state index < -0.39 is 0 Å². The average molecular weight is 484 g/mol. The highest BCUT2D eigenvalue weighted by Crippen LogP contribution is 2.19. The Balaban J connectivity index is 0.000000171. The largest absolute Gasteiger partial charge is 0.293 e. The summed E-state index contributed by atoms with van der Waals surface area (Å²) >= 11 is 8.66. The van der Waals surface area contributed by atoms with Gasteiger partial charge in [0, 0.05) is 34.3 Å². The number of halogens is 2. The van der Waals surface area contributed by atoms with E-state index in [1.165, 1.54) is 0 Å². The third-order valence-electron chi connectivity index (χ3n) is 4.77. The molecule has 0 aliphatic heterocycles. The van der Waals surface area contributed by atoms with E-state index in [0.717, 1.165) is 32.9 Å². The summed E-state index contributed by atoms with van der Waals surface area (Å²) in [5.41, 5.74) is 5.33. The van der Waals surface area contributed by atoms with Gasteiger partial charge in [0.05, 0.1) is 22.2 Å². The number of fused-ring (bicyclic) bond motifs is 2. The highest BCUT2D eigenvalue weighted by Gasteiger charge is 2.07. The van der Waals surface area contributed by atoms with Crippen LogP contribution < -0.4 is 0 Å². The summed E-state index contributed by atoms with van der Waals surface area (Å²) < 4.78 is 0. The van der Waals surface area contributed by atoms with Crippen LogP contribution in [0.4, 0.5) is 0 Å². The van der Waals surface area contributed by atoms with Crippen molar-refractivity contribution in [3.63, 3.8) is 0 Å². The topological polar surface area (TPSA) is 59.9 Å². The van der Waals surface area contributed by atoms with Gasteiger partial charge in [0.15, 0.2) is 11.6 Å². The molecule has 4 nitrogen and oxygen atoms in total. The number of rotatable bonds is 4. The number of aryl methyl sites for hydroxylation is 2. The number of alkyl halides is 2. The number of carbonyl (C=O) groups is 2. The van der Waals surface area contributed by atoms with Crippen LogP contribution in [-0.4, -0.2) is 32.7 Å². The molecule has 0 saturated carbocycles. The Kier molecular flexibility index (Phi) is 7.29. The minimum atomic E-state index is -0.0886. The van der Waals surface area contributed by atoms with Crippen LogP contribution in [0.2, 0.25) is 0 Å². The normalized spacial score (nSPS) is 10.5. The van der Waals surface area contributed by atoms with Gasteiger partial charge in [0.1, 0.15) is 0 Å². The molecule has 0 unspecified atom stereocenters. The van der Waals surface area contributed by atoms with Crippen molar-refractivity contribution in [3.05, 3.63) is 83.2 Å². The second-order valence-corrected chi connectivity index (χ2v) is 7.67. The number of benzene rings is 2. The summed E-state index contributed by atoms with van der Waals surface area (Å²) in [5, 5.41) is 2.39. The Morgan fingerprint density at radius 1 is 0.833 bits per heavy atom. The number of pyridine rings is 2. The quantitative estimate of drug-likeness (QED) is 0.260. The van der Waals surface area contributed by atoms with E-state index in [0.29, 0.717) is 16.5 Å². The van der Waals surface area contributed by atoms with Gasteiger partial charge in [-0.05, 0) is 49.2 Å². The molecule has 6 heteroatoms. The first-order valence-corrected chi connectivity index (χ1v) is 11.0. The Hall–Kier alpha value is -2.63. The zero-order chi connectivity index (χ0) is 21.7. The molecule has 0 N–H and O–H groups in total. The molecule has 0 aliphatic carbocycles. The Labute approximate surface area is 188 Å². The zero-order valence-corrected chi connectivity index (χ0v) is 19.0. The van der Waals surface area contributed by atoms with Crippen LogP contribution in [0.1, 0.15) is 31.8 Å². The minimum Gasteiger partial charge on any atom is -0.293 e. The van der Waals surface area contributed by atoms with Crippen molar-refractivity contribution < 1.29 is 9.59 Å². The van der Waals surface area contributed by atoms with Gasteiger partial charge >= 0.3 is 0 Å². The first-order chi connectivity index (χ1) is 14.4. The number of carbonyl (C=O) groups excluding carboxylic acids is 2. The van der Waals surface area contributed by atoms with E-state index >= 15 is 0 Å². The lowest BCUT2D eigenvalue weighted by Gasteiger charge is -2.03. The molecular formula is C24H20BrClN2O2. The minimum absolute atomic E-state index is 0.000925. The molecule has 0 fully saturated rings. The van der Waals surface area contributed by atoms with Crippen molar-refractivity contribution in [1.29, 1.82) is 0 Å². The summed E-state index contributed by atoms with van der Waals surface area (Å²) in [7, 11) is 0. The van der Waals surface area contributed by atoms with Gasteiger partial charge in [-0.15, -0.1) is 11.6 Å². The summed E-state index contributed by atoms with van der Waals surface area (Å²) in [5.74, 6) is -0.0269. The molecule has 0 radical (unpaired) electrons. The fourth-order valence-electron chi connectivity index (χ4n) is 3.05. The summed E-state index contributed by atoms with van der Waals surface area (Å²) in [6.45, 7) is 4.02. The molecule has 0 atom stereocenters. The van der Waals surface area contributed by atoms with E-state index in [2.05, 4.69) is 25.9 Å². The molecule has 2 heterocycles. The lowest BCUT2D eigenvalue weighted by Crippen LogP contribution is -2.01. The maximum atomic E-state index is 11.5. The molecule has 2 aromatic heterocycles. The SMILES string of the molecule is Cc1cccc2ncc(C(=O)CBr)cc12.Cc1cccc2ncc(C(=O)CCl)cc12. The fourth-order valence-corrected chi connectivity index (χ4v) is 3.53. The smallest absolute Gasteiger partial charge is 0.179 e. The van der Waals surface area contributed by atoms with Crippen molar-refractivity contribution >= 4 is 60.9 Å². The van der Waals surface area contributed by atoms with Crippen LogP contribution in [0.5, 0.6) is 0 Å². The number of ketones is 2. The number of hydrogen-bond acceptors (Lipinski definition) is 4. The average Bonchev–Trinajstić information content (AvgIpc) is 2.78. The second-order valence-electron chi connectivity index (χ2n) is 6.84. The third kappa shape index (κ3) is 4.91. The Morgan fingerprint density at radius 3 is 1.73 bits per heavy atom. The predicted molar refractivity (Wildman–Crippen MR) is 126 cm³/mol. The van der Waals surface area contributed by atoms with Gasteiger partial charge in [0.2, 0.25) is 0 Å². The highest BCUT2D eigenvalue weighted by molar-refractivity contribution is 9.09. The van der Waals surface area contributed by atoms with Crippen molar-refractivity contribution in [3.8, 4) is 0 Å². The van der Waals surface area contributed by atoms with Gasteiger partial charge in [-0.25, -0.2) is 0 Å². The Morgan fingerprint density at radius 2 is 1.30 bits per heavy atom. The zero-order valence-electron chi connectivity index (χ0n) is 16.7. The van der Waals surface area contributed by atoms with Gasteiger partial charge in [0.25, 0.3) is 0 Å². The molecule has 0 saturated heterocycles. The van der Waals surface area contributed by atoms with Gasteiger partial charge < -0.3 is 0 Å². The molecule has 30 heavy (non-hydrogen) atoms. The molecule has 0 aliphatic rings. The monoisotopic (exact) mass is 482 g/mol. The highest BCUT2D eigenvalue weighted by atomic mass is 79.9. The van der Waals surface area contributed by atoms with E-state index in [1.54, 1.807) is 12.4 Å². The van der Waals surface area contributed by atoms with Crippen molar-refractivity contribution in [1.82, 2.24) is 9.97 Å². The predicted octanol–water partition coefficient (Wildman–Crippen LogP) is 6.09. The van der Waals surface area contributed by atoms with E-state index in [9.17, 15) is 9.59 Å². The standard InChI is InChI=1S/C12H10BrNO.C12H10ClNO/c2*1-8-3-2-4-11-10(8)5-9(7-14-11)12(15)6-13/h2*2-5,7H,6H2,1H3. The molecule has 152 valence electrons. The molecule has 0 amide bonds. The number of Topliss-reactive ketones (excluding diaryl/α,β-unsaturated/α-hetero) is 2. The molecule has 0 spiro atoms. The first kappa shape index (κ1) is 22.1. The molecule has 2 aromatic carbocycles.